The zero-order valence-corrected chi connectivity index (χ0v) is 28.9. The third-order valence-electron chi connectivity index (χ3n) is 8.43. The van der Waals surface area contributed by atoms with Gasteiger partial charge in [0.2, 0.25) is 0 Å². The van der Waals surface area contributed by atoms with Gasteiger partial charge in [-0.2, -0.15) is 10.2 Å². The van der Waals surface area contributed by atoms with Gasteiger partial charge in [-0.1, -0.05) is 89.5 Å². The Bertz CT molecular complexity index is 2450. The average Bonchev–Trinajstić information content (AvgIpc) is 3.14. The van der Waals surface area contributed by atoms with Crippen molar-refractivity contribution in [3.05, 3.63) is 140 Å². The average molecular weight is 817 g/mol. The van der Waals surface area contributed by atoms with Gasteiger partial charge in [-0.3, -0.25) is 15.0 Å². The molecular formula is C41H29N6OPt-. The van der Waals surface area contributed by atoms with Crippen molar-refractivity contribution in [2.75, 3.05) is 19.0 Å². The van der Waals surface area contributed by atoms with Gasteiger partial charge in [0.25, 0.3) is 0 Å². The zero-order valence-electron chi connectivity index (χ0n) is 26.6. The van der Waals surface area contributed by atoms with E-state index in [2.05, 4.69) is 85.7 Å². The number of aromatic hydroxyl groups is 1. The standard InChI is InChI=1S/C41H29N6O.Pt/c1-47(2)33-14-12-27(13-15-33)30-22-36(44-38(23-30)34-24-39-40(25-41(34)48)43-17-16-42-39)31-18-29(26-8-4-3-5-9-26)19-32(20-31)37-21-28-10-6-7-11-35(28)45-46-37;/h3-19,21-25,48H,1-2H3;/q-1;. The van der Waals surface area contributed by atoms with Gasteiger partial charge in [0.05, 0.1) is 22.2 Å². The third kappa shape index (κ3) is 6.41. The largest absolute Gasteiger partial charge is 0.507 e. The van der Waals surface area contributed by atoms with Crippen LogP contribution < -0.4 is 4.90 Å². The molecule has 3 aromatic heterocycles. The van der Waals surface area contributed by atoms with E-state index in [9.17, 15) is 5.11 Å². The SMILES string of the molecule is CN(C)c1ccc(-c2cc(-c3[c-]c(-c4cc5ccccc5nn4)cc(-c4ccccc4)c3)nc(-c3cc4nccnc4cc3O)c2)cc1.[Pt]. The molecule has 0 spiro atoms. The van der Waals surface area contributed by atoms with Crippen LogP contribution in [0.4, 0.5) is 5.69 Å². The number of phenolic OH excluding ortho intramolecular Hbond substituents is 1. The van der Waals surface area contributed by atoms with E-state index in [1.165, 1.54) is 0 Å². The molecule has 0 aliphatic rings. The molecule has 3 heterocycles. The van der Waals surface area contributed by atoms with E-state index in [1.807, 2.05) is 74.8 Å². The van der Waals surface area contributed by atoms with Crippen molar-refractivity contribution < 1.29 is 26.2 Å². The predicted molar refractivity (Wildman–Crippen MR) is 192 cm³/mol. The molecule has 240 valence electrons. The summed E-state index contributed by atoms with van der Waals surface area (Å²) in [5.74, 6) is 0.0794. The topological polar surface area (TPSA) is 87.9 Å². The molecular weight excluding hydrogens is 788 g/mol. The maximum atomic E-state index is 11.2. The molecule has 0 saturated carbocycles. The minimum Gasteiger partial charge on any atom is -0.507 e. The summed E-state index contributed by atoms with van der Waals surface area (Å²) in [6.07, 6.45) is 3.26. The molecule has 0 fully saturated rings. The van der Waals surface area contributed by atoms with E-state index in [4.69, 9.17) is 4.98 Å². The Morgan fingerprint density at radius 2 is 1.18 bits per heavy atom. The van der Waals surface area contributed by atoms with Crippen molar-refractivity contribution in [1.82, 2.24) is 25.1 Å². The van der Waals surface area contributed by atoms with Gasteiger partial charge in [-0.25, -0.2) is 0 Å². The molecule has 8 heteroatoms. The van der Waals surface area contributed by atoms with Crippen LogP contribution in [0.2, 0.25) is 0 Å². The van der Waals surface area contributed by atoms with Gasteiger partial charge >= 0.3 is 0 Å². The molecule has 0 amide bonds. The van der Waals surface area contributed by atoms with Crippen LogP contribution in [0.1, 0.15) is 0 Å². The maximum Gasteiger partial charge on any atom is 0.127 e. The molecule has 49 heavy (non-hydrogen) atoms. The number of pyridine rings is 1. The number of rotatable bonds is 6. The number of hydrogen-bond acceptors (Lipinski definition) is 7. The molecule has 0 radical (unpaired) electrons. The molecule has 0 aliphatic heterocycles. The van der Waals surface area contributed by atoms with Crippen LogP contribution >= 0.6 is 0 Å². The summed E-state index contributed by atoms with van der Waals surface area (Å²) in [7, 11) is 4.05. The van der Waals surface area contributed by atoms with Crippen LogP contribution in [-0.4, -0.2) is 44.4 Å². The number of fused-ring (bicyclic) bond motifs is 2. The first kappa shape index (κ1) is 31.8. The zero-order chi connectivity index (χ0) is 32.6. The van der Waals surface area contributed by atoms with Crippen molar-refractivity contribution >= 4 is 27.6 Å². The van der Waals surface area contributed by atoms with Crippen LogP contribution in [-0.2, 0) is 21.1 Å². The van der Waals surface area contributed by atoms with Crippen molar-refractivity contribution in [1.29, 1.82) is 0 Å². The smallest absolute Gasteiger partial charge is 0.127 e. The van der Waals surface area contributed by atoms with Crippen molar-refractivity contribution in [2.24, 2.45) is 0 Å². The number of anilines is 1. The molecule has 0 atom stereocenters. The number of hydrogen-bond donors (Lipinski definition) is 1. The molecule has 0 unspecified atom stereocenters. The summed E-state index contributed by atoms with van der Waals surface area (Å²) in [5.41, 5.74) is 11.4. The van der Waals surface area contributed by atoms with Crippen LogP contribution in [0.15, 0.2) is 134 Å². The number of benzene rings is 5. The summed E-state index contributed by atoms with van der Waals surface area (Å²) in [5, 5.41) is 21.3. The Labute approximate surface area is 298 Å². The van der Waals surface area contributed by atoms with Gasteiger partial charge < -0.3 is 10.0 Å². The first-order chi connectivity index (χ1) is 23.5. The molecule has 0 aliphatic carbocycles. The molecule has 8 rings (SSSR count). The van der Waals surface area contributed by atoms with Crippen molar-refractivity contribution in [2.45, 2.75) is 0 Å². The molecule has 0 saturated heterocycles. The quantitative estimate of drug-likeness (QED) is 0.168. The van der Waals surface area contributed by atoms with Gasteiger partial charge in [0.15, 0.2) is 0 Å². The summed E-state index contributed by atoms with van der Waals surface area (Å²) in [6, 6.07) is 44.0. The fourth-order valence-corrected chi connectivity index (χ4v) is 5.89. The Hall–Kier alpha value is -5.78. The van der Waals surface area contributed by atoms with Gasteiger partial charge in [0.1, 0.15) is 5.75 Å². The van der Waals surface area contributed by atoms with Gasteiger partial charge in [-0.05, 0) is 52.4 Å². The second-order valence-electron chi connectivity index (χ2n) is 11.8. The molecule has 1 N–H and O–H groups in total. The van der Waals surface area contributed by atoms with Crippen molar-refractivity contribution in [3.63, 3.8) is 0 Å². The van der Waals surface area contributed by atoms with Crippen LogP contribution in [0, 0.1) is 6.07 Å². The van der Waals surface area contributed by atoms with Gasteiger partial charge in [0, 0.05) is 76.3 Å². The number of aromatic nitrogens is 5. The van der Waals surface area contributed by atoms with Crippen LogP contribution in [0.3, 0.4) is 0 Å². The fourth-order valence-electron chi connectivity index (χ4n) is 5.89. The Kier molecular flexibility index (Phi) is 8.68. The second kappa shape index (κ2) is 13.4. The van der Waals surface area contributed by atoms with E-state index in [1.54, 1.807) is 18.5 Å². The van der Waals surface area contributed by atoms with E-state index in [-0.39, 0.29) is 26.8 Å². The molecule has 7 nitrogen and oxygen atoms in total. The molecule has 0 bridgehead atoms. The Balaban J connectivity index is 0.00000378. The van der Waals surface area contributed by atoms with E-state index in [0.29, 0.717) is 33.7 Å². The first-order valence-corrected chi connectivity index (χ1v) is 15.6. The first-order valence-electron chi connectivity index (χ1n) is 15.6. The van der Waals surface area contributed by atoms with Gasteiger partial charge in [-0.15, -0.1) is 18.2 Å². The molecule has 8 aromatic rings. The second-order valence-corrected chi connectivity index (χ2v) is 11.8. The summed E-state index contributed by atoms with van der Waals surface area (Å²) < 4.78 is 0. The van der Waals surface area contributed by atoms with E-state index in [0.717, 1.165) is 50.0 Å². The molecule has 5 aromatic carbocycles. The third-order valence-corrected chi connectivity index (χ3v) is 8.43. The number of nitrogens with zero attached hydrogens (tertiary/aromatic N) is 6. The minimum absolute atomic E-state index is 0. The monoisotopic (exact) mass is 816 g/mol. The minimum atomic E-state index is 0. The van der Waals surface area contributed by atoms with E-state index >= 15 is 0 Å². The predicted octanol–water partition coefficient (Wildman–Crippen LogP) is 8.87. The summed E-state index contributed by atoms with van der Waals surface area (Å²) >= 11 is 0. The Morgan fingerprint density at radius 3 is 1.94 bits per heavy atom. The van der Waals surface area contributed by atoms with Crippen LogP contribution in [0.25, 0.3) is 78.0 Å². The normalized spacial score (nSPS) is 11.0. The maximum absolute atomic E-state index is 11.2. The summed E-state index contributed by atoms with van der Waals surface area (Å²) in [6.45, 7) is 0. The fraction of sp³-hybridized carbons (Fsp3) is 0.0488. The Morgan fingerprint density at radius 1 is 0.551 bits per heavy atom. The van der Waals surface area contributed by atoms with E-state index < -0.39 is 0 Å². The summed E-state index contributed by atoms with van der Waals surface area (Å²) in [4.78, 5) is 16.1. The van der Waals surface area contributed by atoms with Crippen LogP contribution in [0.5, 0.6) is 5.75 Å². The van der Waals surface area contributed by atoms with Crippen molar-refractivity contribution in [3.8, 4) is 61.8 Å². The number of phenols is 1.